The number of rotatable bonds is 16. The highest BCUT2D eigenvalue weighted by Crippen LogP contribution is 2.12. The average molecular weight is 360 g/mol. The van der Waals surface area contributed by atoms with E-state index in [2.05, 4.69) is 67.7 Å². The number of aliphatic carboxylic acids is 1. The standard InChI is InChI=1S/C23H37NO2/c1-2-3-4-5-6-7-8-9-10-11-12-13-14-15-16-17-18-19-22(21-24)20-23(25)26/h3-4,6-7,9-10,12-13,15-16,22H,2,5,8,11,14,17-21,24H2,1H3,(H,25,26)/b4-3-,7-6-,10-9-,13-12-,16-15-. The van der Waals surface area contributed by atoms with Crippen molar-refractivity contribution in [1.29, 1.82) is 0 Å². The van der Waals surface area contributed by atoms with E-state index in [1.165, 1.54) is 0 Å². The van der Waals surface area contributed by atoms with Crippen LogP contribution in [0.4, 0.5) is 0 Å². The molecule has 0 aliphatic heterocycles. The quantitative estimate of drug-likeness (QED) is 0.264. The van der Waals surface area contributed by atoms with Crippen molar-refractivity contribution in [2.75, 3.05) is 6.54 Å². The number of hydrogen-bond acceptors (Lipinski definition) is 2. The predicted octanol–water partition coefficient (Wildman–Crippen LogP) is 5.96. The lowest BCUT2D eigenvalue weighted by atomic mass is 9.98. The summed E-state index contributed by atoms with van der Waals surface area (Å²) in [6, 6.07) is 0. The van der Waals surface area contributed by atoms with Gasteiger partial charge in [-0.1, -0.05) is 67.7 Å². The van der Waals surface area contributed by atoms with Gasteiger partial charge in [0, 0.05) is 6.42 Å². The summed E-state index contributed by atoms with van der Waals surface area (Å²) in [5.74, 6) is -0.648. The molecule has 0 saturated carbocycles. The highest BCUT2D eigenvalue weighted by atomic mass is 16.4. The van der Waals surface area contributed by atoms with Crippen molar-refractivity contribution < 1.29 is 9.90 Å². The molecule has 0 aliphatic rings. The van der Waals surface area contributed by atoms with Gasteiger partial charge in [-0.3, -0.25) is 4.79 Å². The molecule has 0 radical (unpaired) electrons. The molecule has 0 amide bonds. The Bertz CT molecular complexity index is 473. The molecule has 0 bridgehead atoms. The molecule has 0 heterocycles. The molecule has 0 rings (SSSR count). The van der Waals surface area contributed by atoms with Crippen molar-refractivity contribution in [2.24, 2.45) is 11.7 Å². The van der Waals surface area contributed by atoms with Gasteiger partial charge in [0.05, 0.1) is 0 Å². The van der Waals surface area contributed by atoms with E-state index in [0.717, 1.165) is 51.4 Å². The van der Waals surface area contributed by atoms with E-state index in [9.17, 15) is 4.79 Å². The van der Waals surface area contributed by atoms with Crippen LogP contribution in [0.3, 0.4) is 0 Å². The smallest absolute Gasteiger partial charge is 0.303 e. The first-order chi connectivity index (χ1) is 12.7. The predicted molar refractivity (Wildman–Crippen MR) is 113 cm³/mol. The SMILES string of the molecule is CC/C=C\C/C=C\C/C=C\C/C=C\C/C=C\CCCC(CN)CC(=O)O. The fourth-order valence-electron chi connectivity index (χ4n) is 2.44. The normalized spacial score (nSPS) is 13.9. The van der Waals surface area contributed by atoms with Crippen molar-refractivity contribution in [2.45, 2.75) is 64.7 Å². The number of nitrogens with two attached hydrogens (primary N) is 1. The highest BCUT2D eigenvalue weighted by molar-refractivity contribution is 5.67. The molecule has 0 fully saturated rings. The summed E-state index contributed by atoms with van der Waals surface area (Å²) in [5.41, 5.74) is 5.59. The molecule has 26 heavy (non-hydrogen) atoms. The number of carbonyl (C=O) groups is 1. The van der Waals surface area contributed by atoms with E-state index in [1.54, 1.807) is 0 Å². The summed E-state index contributed by atoms with van der Waals surface area (Å²) in [6.07, 6.45) is 30.0. The molecule has 146 valence electrons. The van der Waals surface area contributed by atoms with Gasteiger partial charge in [-0.25, -0.2) is 0 Å². The number of hydrogen-bond donors (Lipinski definition) is 2. The van der Waals surface area contributed by atoms with E-state index >= 15 is 0 Å². The third-order valence-electron chi connectivity index (χ3n) is 3.94. The van der Waals surface area contributed by atoms with Gasteiger partial charge >= 0.3 is 5.97 Å². The Hall–Kier alpha value is -1.87. The lowest BCUT2D eigenvalue weighted by Gasteiger charge is -2.10. The Morgan fingerprint density at radius 3 is 1.73 bits per heavy atom. The average Bonchev–Trinajstić information content (AvgIpc) is 2.63. The third kappa shape index (κ3) is 18.5. The maximum Gasteiger partial charge on any atom is 0.303 e. The Morgan fingerprint density at radius 2 is 1.31 bits per heavy atom. The number of unbranched alkanes of at least 4 members (excludes halogenated alkanes) is 1. The first-order valence-corrected chi connectivity index (χ1v) is 9.87. The summed E-state index contributed by atoms with van der Waals surface area (Å²) >= 11 is 0. The molecule has 3 heteroatoms. The fraction of sp³-hybridized carbons (Fsp3) is 0.522. The lowest BCUT2D eigenvalue weighted by Crippen LogP contribution is -2.17. The molecule has 3 nitrogen and oxygen atoms in total. The van der Waals surface area contributed by atoms with Gasteiger partial charge in [0.1, 0.15) is 0 Å². The topological polar surface area (TPSA) is 63.3 Å². The van der Waals surface area contributed by atoms with E-state index in [0.29, 0.717) is 6.54 Å². The Balaban J connectivity index is 3.59. The van der Waals surface area contributed by atoms with Gasteiger partial charge in [-0.15, -0.1) is 0 Å². The fourth-order valence-corrected chi connectivity index (χ4v) is 2.44. The Morgan fingerprint density at radius 1 is 0.846 bits per heavy atom. The van der Waals surface area contributed by atoms with Gasteiger partial charge in [-0.2, -0.15) is 0 Å². The Labute approximate surface area is 160 Å². The molecule has 1 atom stereocenters. The van der Waals surface area contributed by atoms with E-state index in [4.69, 9.17) is 10.8 Å². The number of carboxylic acid groups (broad SMARTS) is 1. The van der Waals surface area contributed by atoms with E-state index < -0.39 is 5.97 Å². The second kappa shape index (κ2) is 19.5. The number of carboxylic acids is 1. The minimum Gasteiger partial charge on any atom is -0.481 e. The maximum absolute atomic E-state index is 10.7. The van der Waals surface area contributed by atoms with Gasteiger partial charge < -0.3 is 10.8 Å². The van der Waals surface area contributed by atoms with Crippen LogP contribution >= 0.6 is 0 Å². The van der Waals surface area contributed by atoms with Crippen LogP contribution in [0.5, 0.6) is 0 Å². The molecule has 0 aliphatic carbocycles. The maximum atomic E-state index is 10.7. The summed E-state index contributed by atoms with van der Waals surface area (Å²) < 4.78 is 0. The minimum atomic E-state index is -0.754. The molecule has 0 saturated heterocycles. The second-order valence-electron chi connectivity index (χ2n) is 6.34. The summed E-state index contributed by atoms with van der Waals surface area (Å²) in [7, 11) is 0. The van der Waals surface area contributed by atoms with Gasteiger partial charge in [0.25, 0.3) is 0 Å². The monoisotopic (exact) mass is 359 g/mol. The summed E-state index contributed by atoms with van der Waals surface area (Å²) in [4.78, 5) is 10.7. The zero-order chi connectivity index (χ0) is 19.3. The zero-order valence-electron chi connectivity index (χ0n) is 16.4. The molecule has 3 N–H and O–H groups in total. The van der Waals surface area contributed by atoms with E-state index in [-0.39, 0.29) is 12.3 Å². The van der Waals surface area contributed by atoms with Crippen molar-refractivity contribution in [3.05, 3.63) is 60.8 Å². The van der Waals surface area contributed by atoms with Gasteiger partial charge in [-0.05, 0) is 63.8 Å². The molecular weight excluding hydrogens is 322 g/mol. The Kier molecular flexibility index (Phi) is 18.1. The number of allylic oxidation sites excluding steroid dienone is 10. The van der Waals surface area contributed by atoms with Crippen LogP contribution in [-0.2, 0) is 4.79 Å². The van der Waals surface area contributed by atoms with E-state index in [1.807, 2.05) is 0 Å². The van der Waals surface area contributed by atoms with Crippen molar-refractivity contribution in [3.8, 4) is 0 Å². The van der Waals surface area contributed by atoms with Crippen molar-refractivity contribution in [3.63, 3.8) is 0 Å². The molecule has 0 spiro atoms. The van der Waals surface area contributed by atoms with Crippen LogP contribution in [0.25, 0.3) is 0 Å². The largest absolute Gasteiger partial charge is 0.481 e. The van der Waals surface area contributed by atoms with Crippen LogP contribution in [0, 0.1) is 5.92 Å². The van der Waals surface area contributed by atoms with Crippen molar-refractivity contribution in [1.82, 2.24) is 0 Å². The molecule has 0 aromatic rings. The van der Waals surface area contributed by atoms with Crippen LogP contribution in [-0.4, -0.2) is 17.6 Å². The van der Waals surface area contributed by atoms with Crippen LogP contribution in [0.2, 0.25) is 0 Å². The van der Waals surface area contributed by atoms with Crippen LogP contribution in [0.15, 0.2) is 60.8 Å². The van der Waals surface area contributed by atoms with Gasteiger partial charge in [0.2, 0.25) is 0 Å². The summed E-state index contributed by atoms with van der Waals surface area (Å²) in [6.45, 7) is 2.60. The molecule has 1 unspecified atom stereocenters. The third-order valence-corrected chi connectivity index (χ3v) is 3.94. The van der Waals surface area contributed by atoms with Crippen LogP contribution < -0.4 is 5.73 Å². The van der Waals surface area contributed by atoms with Crippen LogP contribution in [0.1, 0.15) is 64.7 Å². The summed E-state index contributed by atoms with van der Waals surface area (Å²) in [5, 5.41) is 8.77. The zero-order valence-corrected chi connectivity index (χ0v) is 16.4. The molecule has 0 aromatic carbocycles. The van der Waals surface area contributed by atoms with Gasteiger partial charge in [0.15, 0.2) is 0 Å². The highest BCUT2D eigenvalue weighted by Gasteiger charge is 2.10. The lowest BCUT2D eigenvalue weighted by molar-refractivity contribution is -0.138. The minimum absolute atomic E-state index is 0.107. The molecular formula is C23H37NO2. The molecule has 0 aromatic heterocycles. The van der Waals surface area contributed by atoms with Crippen molar-refractivity contribution >= 4 is 5.97 Å². The second-order valence-corrected chi connectivity index (χ2v) is 6.34. The first-order valence-electron chi connectivity index (χ1n) is 9.87. The first kappa shape index (κ1) is 24.1.